The fraction of sp³-hybridized carbons (Fsp3) is 0.308. The molecule has 0 saturated carbocycles. The Balaban J connectivity index is 1.26. The van der Waals surface area contributed by atoms with Gasteiger partial charge in [-0.2, -0.15) is 0 Å². The zero-order chi connectivity index (χ0) is 25.2. The van der Waals surface area contributed by atoms with Gasteiger partial charge in [-0.25, -0.2) is 9.97 Å². The second kappa shape index (κ2) is 13.1. The van der Waals surface area contributed by atoms with Gasteiger partial charge in [-0.1, -0.05) is 28.1 Å². The van der Waals surface area contributed by atoms with Crippen LogP contribution in [0.2, 0.25) is 0 Å². The van der Waals surface area contributed by atoms with E-state index in [1.807, 2.05) is 36.4 Å². The quantitative estimate of drug-likeness (QED) is 0.259. The molecular weight excluding hydrogens is 524 g/mol. The lowest BCUT2D eigenvalue weighted by Gasteiger charge is -2.26. The first-order valence-electron chi connectivity index (χ1n) is 11.9. The number of hydrogen-bond donors (Lipinski definition) is 3. The summed E-state index contributed by atoms with van der Waals surface area (Å²) in [6.07, 6.45) is 5.48. The number of ether oxygens (including phenoxy) is 1. The molecule has 0 atom stereocenters. The van der Waals surface area contributed by atoms with E-state index in [-0.39, 0.29) is 18.2 Å². The lowest BCUT2D eigenvalue weighted by atomic mass is 10.2. The summed E-state index contributed by atoms with van der Waals surface area (Å²) < 4.78 is 6.28. The van der Waals surface area contributed by atoms with Gasteiger partial charge in [0.05, 0.1) is 18.7 Å². The first-order valence-corrected chi connectivity index (χ1v) is 12.7. The van der Waals surface area contributed by atoms with E-state index in [1.165, 1.54) is 12.4 Å². The lowest BCUT2D eigenvalue weighted by Crippen LogP contribution is -2.38. The normalized spacial score (nSPS) is 14.1. The molecule has 1 aromatic heterocycles. The summed E-state index contributed by atoms with van der Waals surface area (Å²) in [5, 5.41) is 9.79. The van der Waals surface area contributed by atoms with Crippen LogP contribution in [0.5, 0.6) is 0 Å². The van der Waals surface area contributed by atoms with Gasteiger partial charge in [-0.05, 0) is 55.4 Å². The average molecular weight is 553 g/mol. The molecule has 0 bridgehead atoms. The molecule has 0 radical (unpaired) electrons. The van der Waals surface area contributed by atoms with Gasteiger partial charge in [-0.15, -0.1) is 0 Å². The molecule has 4 rings (SSSR count). The van der Waals surface area contributed by atoms with Gasteiger partial charge in [0.15, 0.2) is 0 Å². The SMILES string of the molecule is O=C(/C=C/CC(=O)NCCCN1CCOCC1)Nc1ccc2ncnc(Nc3cccc(Br)c3)c2c1. The first-order chi connectivity index (χ1) is 17.6. The Morgan fingerprint density at radius 3 is 2.78 bits per heavy atom. The Morgan fingerprint density at radius 1 is 1.08 bits per heavy atom. The predicted octanol–water partition coefficient (Wildman–Crippen LogP) is 3.86. The van der Waals surface area contributed by atoms with Crippen molar-refractivity contribution < 1.29 is 14.3 Å². The molecule has 9 nitrogen and oxygen atoms in total. The van der Waals surface area contributed by atoms with E-state index in [4.69, 9.17) is 4.74 Å². The van der Waals surface area contributed by atoms with Crippen LogP contribution in [0.15, 0.2) is 65.4 Å². The maximum Gasteiger partial charge on any atom is 0.248 e. The molecule has 3 N–H and O–H groups in total. The molecule has 2 heterocycles. The molecule has 0 aliphatic carbocycles. The van der Waals surface area contributed by atoms with Crippen molar-refractivity contribution in [2.24, 2.45) is 0 Å². The summed E-state index contributed by atoms with van der Waals surface area (Å²) in [4.78, 5) is 35.4. The number of aromatic nitrogens is 2. The third-order valence-electron chi connectivity index (χ3n) is 5.64. The summed E-state index contributed by atoms with van der Waals surface area (Å²) in [5.41, 5.74) is 2.24. The molecule has 1 aliphatic rings. The molecule has 1 fully saturated rings. The number of nitrogens with one attached hydrogen (secondary N) is 3. The van der Waals surface area contributed by atoms with Crippen molar-refractivity contribution in [2.45, 2.75) is 12.8 Å². The predicted molar refractivity (Wildman–Crippen MR) is 144 cm³/mol. The summed E-state index contributed by atoms with van der Waals surface area (Å²) in [7, 11) is 0. The minimum Gasteiger partial charge on any atom is -0.379 e. The Morgan fingerprint density at radius 2 is 1.94 bits per heavy atom. The fourth-order valence-electron chi connectivity index (χ4n) is 3.82. The maximum absolute atomic E-state index is 12.4. The monoisotopic (exact) mass is 552 g/mol. The lowest BCUT2D eigenvalue weighted by molar-refractivity contribution is -0.120. The topological polar surface area (TPSA) is 108 Å². The van der Waals surface area contributed by atoms with Crippen molar-refractivity contribution in [3.8, 4) is 0 Å². The number of hydrogen-bond acceptors (Lipinski definition) is 7. The summed E-state index contributed by atoms with van der Waals surface area (Å²) in [6, 6.07) is 13.2. The van der Waals surface area contributed by atoms with Crippen LogP contribution >= 0.6 is 15.9 Å². The average Bonchev–Trinajstić information content (AvgIpc) is 2.88. The molecule has 10 heteroatoms. The summed E-state index contributed by atoms with van der Waals surface area (Å²) >= 11 is 3.47. The zero-order valence-electron chi connectivity index (χ0n) is 19.9. The Bertz CT molecular complexity index is 1230. The van der Waals surface area contributed by atoms with Gasteiger partial charge < -0.3 is 20.7 Å². The number of carbonyl (C=O) groups is 2. The van der Waals surface area contributed by atoms with Crippen molar-refractivity contribution >= 4 is 55.8 Å². The van der Waals surface area contributed by atoms with Crippen LogP contribution in [0.4, 0.5) is 17.2 Å². The van der Waals surface area contributed by atoms with Crippen LogP contribution in [-0.2, 0) is 14.3 Å². The van der Waals surface area contributed by atoms with E-state index in [0.717, 1.165) is 60.3 Å². The van der Waals surface area contributed by atoms with Crippen molar-refractivity contribution in [2.75, 3.05) is 50.0 Å². The number of carbonyl (C=O) groups excluding carboxylic acids is 2. The Labute approximate surface area is 218 Å². The second-order valence-corrected chi connectivity index (χ2v) is 9.26. The van der Waals surface area contributed by atoms with Crippen LogP contribution in [0.1, 0.15) is 12.8 Å². The highest BCUT2D eigenvalue weighted by atomic mass is 79.9. The van der Waals surface area contributed by atoms with E-state index in [1.54, 1.807) is 12.1 Å². The molecule has 0 unspecified atom stereocenters. The minimum absolute atomic E-state index is 0.104. The van der Waals surface area contributed by atoms with Gasteiger partial charge in [0.2, 0.25) is 11.8 Å². The summed E-state index contributed by atoms with van der Waals surface area (Å²) in [5.74, 6) is 0.218. The standard InChI is InChI=1S/C26H29BrN6O3/c27-19-4-1-5-20(16-19)32-26-22-17-21(8-9-23(22)29-18-30-26)31-25(35)7-2-6-24(34)28-10-3-11-33-12-14-36-15-13-33/h1-2,4-5,7-9,16-18H,3,6,10-15H2,(H,28,34)(H,31,35)(H,29,30,32)/b7-2+. The molecule has 2 amide bonds. The van der Waals surface area contributed by atoms with Crippen molar-refractivity contribution in [1.29, 1.82) is 0 Å². The largest absolute Gasteiger partial charge is 0.379 e. The van der Waals surface area contributed by atoms with Crippen LogP contribution < -0.4 is 16.0 Å². The number of halogens is 1. The zero-order valence-corrected chi connectivity index (χ0v) is 21.5. The fourth-order valence-corrected chi connectivity index (χ4v) is 4.22. The van der Waals surface area contributed by atoms with E-state index < -0.39 is 0 Å². The third-order valence-corrected chi connectivity index (χ3v) is 6.13. The van der Waals surface area contributed by atoms with Crippen LogP contribution in [0.3, 0.4) is 0 Å². The van der Waals surface area contributed by atoms with Gasteiger partial charge >= 0.3 is 0 Å². The molecule has 188 valence electrons. The molecule has 36 heavy (non-hydrogen) atoms. The van der Waals surface area contributed by atoms with E-state index in [0.29, 0.717) is 18.1 Å². The number of benzene rings is 2. The number of morpholine rings is 1. The highest BCUT2D eigenvalue weighted by Crippen LogP contribution is 2.27. The highest BCUT2D eigenvalue weighted by molar-refractivity contribution is 9.10. The number of anilines is 3. The minimum atomic E-state index is -0.312. The smallest absolute Gasteiger partial charge is 0.248 e. The number of fused-ring (bicyclic) bond motifs is 1. The van der Waals surface area contributed by atoms with E-state index >= 15 is 0 Å². The number of rotatable bonds is 10. The highest BCUT2D eigenvalue weighted by Gasteiger charge is 2.10. The van der Waals surface area contributed by atoms with Gasteiger partial charge in [0, 0.05) is 47.3 Å². The van der Waals surface area contributed by atoms with E-state index in [2.05, 4.69) is 46.7 Å². The van der Waals surface area contributed by atoms with Crippen molar-refractivity contribution in [1.82, 2.24) is 20.2 Å². The number of amides is 2. The third kappa shape index (κ3) is 7.84. The Kier molecular flexibility index (Phi) is 9.37. The Hall–Kier alpha value is -3.34. The van der Waals surface area contributed by atoms with Crippen LogP contribution in [-0.4, -0.2) is 66.1 Å². The van der Waals surface area contributed by atoms with Crippen LogP contribution in [0.25, 0.3) is 10.9 Å². The van der Waals surface area contributed by atoms with Gasteiger partial charge in [0.25, 0.3) is 0 Å². The number of nitrogens with zero attached hydrogens (tertiary/aromatic N) is 3. The van der Waals surface area contributed by atoms with Crippen molar-refractivity contribution in [3.05, 3.63) is 65.4 Å². The molecule has 2 aromatic carbocycles. The molecule has 1 aliphatic heterocycles. The van der Waals surface area contributed by atoms with Gasteiger partial charge in [-0.3, -0.25) is 14.5 Å². The first kappa shape index (κ1) is 25.7. The molecule has 1 saturated heterocycles. The molecular formula is C26H29BrN6O3. The van der Waals surface area contributed by atoms with Crippen molar-refractivity contribution in [3.63, 3.8) is 0 Å². The summed E-state index contributed by atoms with van der Waals surface area (Å²) in [6.45, 7) is 4.99. The van der Waals surface area contributed by atoms with E-state index in [9.17, 15) is 9.59 Å². The molecule has 3 aromatic rings. The van der Waals surface area contributed by atoms with Gasteiger partial charge in [0.1, 0.15) is 12.1 Å². The maximum atomic E-state index is 12.4. The van der Waals surface area contributed by atoms with Crippen LogP contribution in [0, 0.1) is 0 Å². The second-order valence-electron chi connectivity index (χ2n) is 8.34. The molecule has 0 spiro atoms.